The van der Waals surface area contributed by atoms with Crippen molar-refractivity contribution in [3.05, 3.63) is 47.0 Å². The standard InChI is InChI=1S/C19H21N3O5/c1-11-12(2)27-17(20-11)13-6-4-5-7-15(13)21-16-14(19(25)26-3)10-22(8-9-23)18(16)24/h4-7,21,23H,8-10H2,1-3H3. The van der Waals surface area contributed by atoms with E-state index in [0.29, 0.717) is 22.9 Å². The Bertz CT molecular complexity index is 896. The average molecular weight is 371 g/mol. The first-order valence-corrected chi connectivity index (χ1v) is 8.48. The van der Waals surface area contributed by atoms with Crippen LogP contribution in [0.3, 0.4) is 0 Å². The Kier molecular flexibility index (Phi) is 5.27. The first-order valence-electron chi connectivity index (χ1n) is 8.48. The van der Waals surface area contributed by atoms with Gasteiger partial charge in [-0.15, -0.1) is 0 Å². The zero-order chi connectivity index (χ0) is 19.6. The molecule has 0 aliphatic carbocycles. The highest BCUT2D eigenvalue weighted by atomic mass is 16.5. The maximum atomic E-state index is 12.7. The molecule has 2 heterocycles. The normalized spacial score (nSPS) is 14.1. The van der Waals surface area contributed by atoms with Crippen LogP contribution in [0, 0.1) is 13.8 Å². The summed E-state index contributed by atoms with van der Waals surface area (Å²) in [7, 11) is 1.26. The Morgan fingerprint density at radius 1 is 1.37 bits per heavy atom. The van der Waals surface area contributed by atoms with Gasteiger partial charge in [-0.1, -0.05) is 12.1 Å². The van der Waals surface area contributed by atoms with Crippen LogP contribution in [0.25, 0.3) is 11.5 Å². The number of β-amino-alcohol motifs (C(OH)–C–C–N with tert-alkyl or cyclic N) is 1. The molecule has 0 radical (unpaired) electrons. The lowest BCUT2D eigenvalue weighted by atomic mass is 10.1. The number of aliphatic hydroxyl groups excluding tert-OH is 1. The van der Waals surface area contributed by atoms with Gasteiger partial charge in [0, 0.05) is 6.54 Å². The molecule has 1 aromatic carbocycles. The molecule has 8 heteroatoms. The molecular formula is C19H21N3O5. The van der Waals surface area contributed by atoms with Gasteiger partial charge in [-0.2, -0.15) is 0 Å². The van der Waals surface area contributed by atoms with Crippen molar-refractivity contribution >= 4 is 17.6 Å². The smallest absolute Gasteiger partial charge is 0.337 e. The highest BCUT2D eigenvalue weighted by Gasteiger charge is 2.34. The highest BCUT2D eigenvalue weighted by molar-refractivity contribution is 6.09. The van der Waals surface area contributed by atoms with Gasteiger partial charge < -0.3 is 24.5 Å². The van der Waals surface area contributed by atoms with Crippen LogP contribution in [-0.2, 0) is 14.3 Å². The van der Waals surface area contributed by atoms with Crippen LogP contribution in [0.15, 0.2) is 40.0 Å². The molecule has 1 aliphatic rings. The highest BCUT2D eigenvalue weighted by Crippen LogP contribution is 2.31. The molecule has 0 atom stereocenters. The van der Waals surface area contributed by atoms with Crippen LogP contribution >= 0.6 is 0 Å². The van der Waals surface area contributed by atoms with E-state index in [4.69, 9.17) is 14.3 Å². The van der Waals surface area contributed by atoms with Gasteiger partial charge in [0.1, 0.15) is 11.5 Å². The summed E-state index contributed by atoms with van der Waals surface area (Å²) >= 11 is 0. The second kappa shape index (κ2) is 7.63. The van der Waals surface area contributed by atoms with Crippen molar-refractivity contribution in [3.63, 3.8) is 0 Å². The largest absolute Gasteiger partial charge is 0.466 e. The van der Waals surface area contributed by atoms with E-state index in [2.05, 4.69) is 10.3 Å². The summed E-state index contributed by atoms with van der Waals surface area (Å²) in [5, 5.41) is 12.2. The van der Waals surface area contributed by atoms with Gasteiger partial charge >= 0.3 is 5.97 Å². The molecule has 27 heavy (non-hydrogen) atoms. The molecule has 8 nitrogen and oxygen atoms in total. The van der Waals surface area contributed by atoms with Crippen LogP contribution in [0.4, 0.5) is 5.69 Å². The first kappa shape index (κ1) is 18.7. The Labute approximate surface area is 156 Å². The summed E-state index contributed by atoms with van der Waals surface area (Å²) in [6.07, 6.45) is 0. The number of hydrogen-bond donors (Lipinski definition) is 2. The van der Waals surface area contributed by atoms with Gasteiger partial charge in [0.05, 0.1) is 42.8 Å². The van der Waals surface area contributed by atoms with E-state index in [1.807, 2.05) is 26.0 Å². The average Bonchev–Trinajstić information content (AvgIpc) is 3.16. The van der Waals surface area contributed by atoms with Crippen molar-refractivity contribution in [2.45, 2.75) is 13.8 Å². The van der Waals surface area contributed by atoms with E-state index in [0.717, 1.165) is 5.69 Å². The van der Waals surface area contributed by atoms with Crippen molar-refractivity contribution in [1.82, 2.24) is 9.88 Å². The molecule has 2 aromatic rings. The number of aromatic nitrogens is 1. The topological polar surface area (TPSA) is 105 Å². The molecule has 1 aliphatic heterocycles. The van der Waals surface area contributed by atoms with Crippen LogP contribution in [-0.4, -0.2) is 53.7 Å². The lowest BCUT2D eigenvalue weighted by molar-refractivity contribution is -0.136. The van der Waals surface area contributed by atoms with E-state index < -0.39 is 5.97 Å². The lowest BCUT2D eigenvalue weighted by Crippen LogP contribution is -2.31. The molecule has 3 rings (SSSR count). The van der Waals surface area contributed by atoms with Crippen molar-refractivity contribution < 1.29 is 23.8 Å². The molecule has 1 aromatic heterocycles. The Morgan fingerprint density at radius 3 is 2.74 bits per heavy atom. The Balaban J connectivity index is 2.00. The van der Waals surface area contributed by atoms with Gasteiger partial charge in [-0.3, -0.25) is 4.79 Å². The minimum atomic E-state index is -0.591. The number of aryl methyl sites for hydroxylation is 2. The third kappa shape index (κ3) is 3.56. The van der Waals surface area contributed by atoms with Gasteiger partial charge in [0.15, 0.2) is 0 Å². The number of oxazole rings is 1. The summed E-state index contributed by atoms with van der Waals surface area (Å²) in [6, 6.07) is 7.22. The van der Waals surface area contributed by atoms with Gasteiger partial charge in [0.25, 0.3) is 5.91 Å². The second-order valence-corrected chi connectivity index (χ2v) is 6.13. The summed E-state index contributed by atoms with van der Waals surface area (Å²) in [5.41, 5.74) is 2.36. The van der Waals surface area contributed by atoms with Crippen molar-refractivity contribution in [3.8, 4) is 11.5 Å². The second-order valence-electron chi connectivity index (χ2n) is 6.13. The molecule has 0 unspecified atom stereocenters. The molecule has 0 bridgehead atoms. The van der Waals surface area contributed by atoms with Gasteiger partial charge in [0.2, 0.25) is 5.89 Å². The van der Waals surface area contributed by atoms with Crippen LogP contribution < -0.4 is 5.32 Å². The maximum absolute atomic E-state index is 12.7. The molecule has 1 amide bonds. The van der Waals surface area contributed by atoms with Crippen molar-refractivity contribution in [1.29, 1.82) is 0 Å². The summed E-state index contributed by atoms with van der Waals surface area (Å²) in [6.45, 7) is 3.69. The molecule has 2 N–H and O–H groups in total. The number of para-hydroxylation sites is 1. The number of methoxy groups -OCH3 is 1. The fourth-order valence-electron chi connectivity index (χ4n) is 2.85. The molecular weight excluding hydrogens is 350 g/mol. The van der Waals surface area contributed by atoms with Crippen molar-refractivity contribution in [2.75, 3.05) is 32.1 Å². The number of nitrogens with zero attached hydrogens (tertiary/aromatic N) is 2. The fraction of sp³-hybridized carbons (Fsp3) is 0.316. The third-order valence-corrected chi connectivity index (χ3v) is 4.40. The minimum Gasteiger partial charge on any atom is -0.466 e. The number of carbonyl (C=O) groups excluding carboxylic acids is 2. The third-order valence-electron chi connectivity index (χ3n) is 4.40. The van der Waals surface area contributed by atoms with E-state index in [1.54, 1.807) is 12.1 Å². The minimum absolute atomic E-state index is 0.0772. The number of anilines is 1. The van der Waals surface area contributed by atoms with E-state index >= 15 is 0 Å². The van der Waals surface area contributed by atoms with Crippen molar-refractivity contribution in [2.24, 2.45) is 0 Å². The first-order chi connectivity index (χ1) is 13.0. The monoisotopic (exact) mass is 371 g/mol. The van der Waals surface area contributed by atoms with Crippen LogP contribution in [0.2, 0.25) is 0 Å². The number of benzene rings is 1. The predicted octanol–water partition coefficient (Wildman–Crippen LogP) is 1.63. The van der Waals surface area contributed by atoms with E-state index in [-0.39, 0.29) is 36.9 Å². The SMILES string of the molecule is COC(=O)C1=C(Nc2ccccc2-c2nc(C)c(C)o2)C(=O)N(CCO)C1. The molecule has 142 valence electrons. The molecule has 0 saturated heterocycles. The number of esters is 1. The molecule has 0 fully saturated rings. The number of rotatable bonds is 6. The quantitative estimate of drug-likeness (QED) is 0.744. The Morgan fingerprint density at radius 2 is 2.11 bits per heavy atom. The zero-order valence-corrected chi connectivity index (χ0v) is 15.4. The number of ether oxygens (including phenoxy) is 1. The van der Waals surface area contributed by atoms with E-state index in [1.165, 1.54) is 12.0 Å². The predicted molar refractivity (Wildman–Crippen MR) is 97.7 cm³/mol. The summed E-state index contributed by atoms with van der Waals surface area (Å²) in [5.74, 6) is 0.164. The number of hydrogen-bond acceptors (Lipinski definition) is 7. The number of aliphatic hydroxyl groups is 1. The summed E-state index contributed by atoms with van der Waals surface area (Å²) in [4.78, 5) is 30.6. The molecule has 0 spiro atoms. The van der Waals surface area contributed by atoms with Gasteiger partial charge in [-0.25, -0.2) is 9.78 Å². The van der Waals surface area contributed by atoms with Crippen LogP contribution in [0.5, 0.6) is 0 Å². The number of nitrogens with one attached hydrogen (secondary N) is 1. The zero-order valence-electron chi connectivity index (χ0n) is 15.4. The van der Waals surface area contributed by atoms with Gasteiger partial charge in [-0.05, 0) is 26.0 Å². The number of carbonyl (C=O) groups is 2. The number of amides is 1. The van der Waals surface area contributed by atoms with E-state index in [9.17, 15) is 9.59 Å². The Hall–Kier alpha value is -3.13. The van der Waals surface area contributed by atoms with Crippen LogP contribution in [0.1, 0.15) is 11.5 Å². The maximum Gasteiger partial charge on any atom is 0.337 e. The lowest BCUT2D eigenvalue weighted by Gasteiger charge is -2.15. The fourth-order valence-corrected chi connectivity index (χ4v) is 2.85. The summed E-state index contributed by atoms with van der Waals surface area (Å²) < 4.78 is 10.5. The molecule has 0 saturated carbocycles.